The Hall–Kier alpha value is -1.15. The van der Waals surface area contributed by atoms with E-state index in [-0.39, 0.29) is 13.1 Å². The van der Waals surface area contributed by atoms with E-state index in [2.05, 4.69) is 0 Å². The number of hydrogen-bond donors (Lipinski definition) is 3. The van der Waals surface area contributed by atoms with Crippen molar-refractivity contribution >= 4 is 0 Å². The zero-order valence-electron chi connectivity index (χ0n) is 11.3. The molecular formula is C14H18F3NO3. The van der Waals surface area contributed by atoms with Crippen molar-refractivity contribution < 1.29 is 28.5 Å². The summed E-state index contributed by atoms with van der Waals surface area (Å²) in [5.74, 6) is 0. The minimum Gasteiger partial charge on any atom is -0.389 e. The van der Waals surface area contributed by atoms with Gasteiger partial charge in [0.15, 0.2) is 0 Å². The largest absolute Gasteiger partial charge is 0.416 e. The molecule has 1 aromatic rings. The topological polar surface area (TPSA) is 63.9 Å². The van der Waals surface area contributed by atoms with Crippen LogP contribution >= 0.6 is 0 Å². The fourth-order valence-electron chi connectivity index (χ4n) is 2.45. The van der Waals surface area contributed by atoms with Crippen molar-refractivity contribution in [1.29, 1.82) is 0 Å². The zero-order valence-corrected chi connectivity index (χ0v) is 11.3. The number of aliphatic hydroxyl groups excluding tert-OH is 3. The lowest BCUT2D eigenvalue weighted by atomic mass is 10.0. The Morgan fingerprint density at radius 2 is 1.71 bits per heavy atom. The van der Waals surface area contributed by atoms with Gasteiger partial charge in [0, 0.05) is 19.6 Å². The SMILES string of the molecule is O[C@H]1[C@H](O)CN(CCc2cccc(C(F)(F)F)c2)C[C@@H]1O. The summed E-state index contributed by atoms with van der Waals surface area (Å²) >= 11 is 0. The summed E-state index contributed by atoms with van der Waals surface area (Å²) in [6.45, 7) is 0.788. The highest BCUT2D eigenvalue weighted by Crippen LogP contribution is 2.29. The second-order valence-corrected chi connectivity index (χ2v) is 5.33. The lowest BCUT2D eigenvalue weighted by Gasteiger charge is -2.36. The van der Waals surface area contributed by atoms with E-state index in [1.165, 1.54) is 6.07 Å². The molecule has 1 aliphatic heterocycles. The first kappa shape index (κ1) is 16.2. The minimum absolute atomic E-state index is 0.192. The van der Waals surface area contributed by atoms with Crippen molar-refractivity contribution in [2.45, 2.75) is 30.9 Å². The zero-order chi connectivity index (χ0) is 15.6. The number of aliphatic hydroxyl groups is 3. The highest BCUT2D eigenvalue weighted by molar-refractivity contribution is 5.25. The van der Waals surface area contributed by atoms with E-state index in [1.54, 1.807) is 11.0 Å². The van der Waals surface area contributed by atoms with E-state index in [1.807, 2.05) is 0 Å². The fourth-order valence-corrected chi connectivity index (χ4v) is 2.45. The summed E-state index contributed by atoms with van der Waals surface area (Å²) in [7, 11) is 0. The summed E-state index contributed by atoms with van der Waals surface area (Å²) in [5, 5.41) is 28.6. The van der Waals surface area contributed by atoms with Crippen molar-refractivity contribution in [3.63, 3.8) is 0 Å². The van der Waals surface area contributed by atoms with Crippen LogP contribution < -0.4 is 0 Å². The quantitative estimate of drug-likeness (QED) is 0.767. The third-order valence-corrected chi connectivity index (χ3v) is 3.65. The van der Waals surface area contributed by atoms with Gasteiger partial charge in [0.25, 0.3) is 0 Å². The van der Waals surface area contributed by atoms with Crippen LogP contribution in [-0.4, -0.2) is 58.2 Å². The first-order valence-corrected chi connectivity index (χ1v) is 6.70. The smallest absolute Gasteiger partial charge is 0.389 e. The van der Waals surface area contributed by atoms with Gasteiger partial charge >= 0.3 is 6.18 Å². The third kappa shape index (κ3) is 4.16. The first-order chi connectivity index (χ1) is 9.77. The molecule has 1 fully saturated rings. The Labute approximate surface area is 120 Å². The lowest BCUT2D eigenvalue weighted by Crippen LogP contribution is -2.55. The molecule has 21 heavy (non-hydrogen) atoms. The van der Waals surface area contributed by atoms with Crippen molar-refractivity contribution in [2.24, 2.45) is 0 Å². The molecule has 1 aromatic carbocycles. The maximum atomic E-state index is 12.6. The van der Waals surface area contributed by atoms with E-state index < -0.39 is 30.1 Å². The molecule has 118 valence electrons. The second-order valence-electron chi connectivity index (χ2n) is 5.33. The van der Waals surface area contributed by atoms with E-state index in [0.717, 1.165) is 12.1 Å². The maximum absolute atomic E-state index is 12.6. The van der Waals surface area contributed by atoms with Gasteiger partial charge in [0.2, 0.25) is 0 Å². The van der Waals surface area contributed by atoms with Crippen molar-refractivity contribution in [2.75, 3.05) is 19.6 Å². The van der Waals surface area contributed by atoms with Crippen LogP contribution in [-0.2, 0) is 12.6 Å². The van der Waals surface area contributed by atoms with Crippen LogP contribution in [0, 0.1) is 0 Å². The Kier molecular flexibility index (Phi) is 4.88. The van der Waals surface area contributed by atoms with Gasteiger partial charge in [-0.1, -0.05) is 18.2 Å². The van der Waals surface area contributed by atoms with Crippen LogP contribution in [0.4, 0.5) is 13.2 Å². The predicted octanol–water partition coefficient (Wildman–Crippen LogP) is 0.646. The maximum Gasteiger partial charge on any atom is 0.416 e. The summed E-state index contributed by atoms with van der Waals surface area (Å²) in [5.41, 5.74) is -0.144. The Bertz CT molecular complexity index is 469. The molecule has 3 N–H and O–H groups in total. The Morgan fingerprint density at radius 3 is 2.29 bits per heavy atom. The molecule has 0 bridgehead atoms. The number of benzene rings is 1. The normalized spacial score (nSPS) is 27.8. The fraction of sp³-hybridized carbons (Fsp3) is 0.571. The number of halogens is 3. The van der Waals surface area contributed by atoms with E-state index in [9.17, 15) is 28.5 Å². The highest BCUT2D eigenvalue weighted by Gasteiger charge is 2.33. The molecule has 0 saturated carbocycles. The van der Waals surface area contributed by atoms with Crippen LogP contribution in [0.25, 0.3) is 0 Å². The van der Waals surface area contributed by atoms with E-state index in [0.29, 0.717) is 18.5 Å². The molecule has 0 unspecified atom stereocenters. The molecule has 0 amide bonds. The molecule has 0 aliphatic carbocycles. The van der Waals surface area contributed by atoms with Gasteiger partial charge in [0.05, 0.1) is 17.8 Å². The van der Waals surface area contributed by atoms with Gasteiger partial charge in [-0.05, 0) is 18.1 Å². The first-order valence-electron chi connectivity index (χ1n) is 6.70. The minimum atomic E-state index is -4.36. The van der Waals surface area contributed by atoms with Crippen LogP contribution in [0.2, 0.25) is 0 Å². The monoisotopic (exact) mass is 305 g/mol. The molecule has 1 saturated heterocycles. The summed E-state index contributed by atoms with van der Waals surface area (Å²) in [6, 6.07) is 5.10. The molecule has 1 aliphatic rings. The number of rotatable bonds is 3. The molecule has 0 aromatic heterocycles. The summed E-state index contributed by atoms with van der Waals surface area (Å²) in [4.78, 5) is 1.72. The van der Waals surface area contributed by atoms with Gasteiger partial charge in [-0.2, -0.15) is 13.2 Å². The summed E-state index contributed by atoms with van der Waals surface area (Å²) in [6.07, 6.45) is -7.25. The van der Waals surface area contributed by atoms with Crippen LogP contribution in [0.15, 0.2) is 24.3 Å². The molecule has 0 radical (unpaired) electrons. The number of β-amino-alcohol motifs (C(OH)–C–C–N with tert-alkyl or cyclic N) is 2. The van der Waals surface area contributed by atoms with Crippen LogP contribution in [0.1, 0.15) is 11.1 Å². The van der Waals surface area contributed by atoms with Gasteiger partial charge in [-0.15, -0.1) is 0 Å². The van der Waals surface area contributed by atoms with Crippen LogP contribution in [0.3, 0.4) is 0 Å². The van der Waals surface area contributed by atoms with Crippen LogP contribution in [0.5, 0.6) is 0 Å². The van der Waals surface area contributed by atoms with Crippen molar-refractivity contribution in [1.82, 2.24) is 4.90 Å². The number of hydrogen-bond acceptors (Lipinski definition) is 4. The van der Waals surface area contributed by atoms with Crippen molar-refractivity contribution in [3.8, 4) is 0 Å². The molecule has 2 rings (SSSR count). The predicted molar refractivity (Wildman–Crippen MR) is 69.6 cm³/mol. The van der Waals surface area contributed by atoms with Gasteiger partial charge < -0.3 is 15.3 Å². The Morgan fingerprint density at radius 1 is 1.10 bits per heavy atom. The summed E-state index contributed by atoms with van der Waals surface area (Å²) < 4.78 is 37.8. The molecular weight excluding hydrogens is 287 g/mol. The van der Waals surface area contributed by atoms with Gasteiger partial charge in [0.1, 0.15) is 6.10 Å². The standard InChI is InChI=1S/C14H18F3NO3/c15-14(16,17)10-3-1-2-9(6-10)4-5-18-7-11(19)13(21)12(20)8-18/h1-3,6,11-13,19-21H,4-5,7-8H2/t11-,12+,13+. The van der Waals surface area contributed by atoms with Gasteiger partial charge in [-0.3, -0.25) is 4.90 Å². The number of alkyl halides is 3. The van der Waals surface area contributed by atoms with Crippen molar-refractivity contribution in [3.05, 3.63) is 35.4 Å². The Balaban J connectivity index is 1.94. The second kappa shape index (κ2) is 6.31. The molecule has 4 nitrogen and oxygen atoms in total. The number of likely N-dealkylation sites (tertiary alicyclic amines) is 1. The third-order valence-electron chi connectivity index (χ3n) is 3.65. The van der Waals surface area contributed by atoms with E-state index >= 15 is 0 Å². The average molecular weight is 305 g/mol. The average Bonchev–Trinajstić information content (AvgIpc) is 2.42. The number of piperidine rings is 1. The van der Waals surface area contributed by atoms with Gasteiger partial charge in [-0.25, -0.2) is 0 Å². The highest BCUT2D eigenvalue weighted by atomic mass is 19.4. The molecule has 0 spiro atoms. The van der Waals surface area contributed by atoms with E-state index in [4.69, 9.17) is 0 Å². The lowest BCUT2D eigenvalue weighted by molar-refractivity contribution is -0.137. The molecule has 1 heterocycles. The molecule has 7 heteroatoms. The number of nitrogens with zero attached hydrogens (tertiary/aromatic N) is 1. The molecule has 3 atom stereocenters.